The van der Waals surface area contributed by atoms with Crippen LogP contribution in [0.4, 0.5) is 4.79 Å². The van der Waals surface area contributed by atoms with E-state index in [2.05, 4.69) is 34.9 Å². The number of ether oxygens (including phenoxy) is 1. The summed E-state index contributed by atoms with van der Waals surface area (Å²) in [7, 11) is 0. The number of carbonyl (C=O) groups is 3. The summed E-state index contributed by atoms with van der Waals surface area (Å²) in [5.74, 6) is -1.14. The molecule has 0 radical (unpaired) electrons. The first-order chi connectivity index (χ1) is 17.0. The van der Waals surface area contributed by atoms with Crippen molar-refractivity contribution < 1.29 is 24.2 Å². The highest BCUT2D eigenvalue weighted by atomic mass is 16.5. The number of alkyl carbamates (subject to hydrolysis) is 1. The second kappa shape index (κ2) is 11.9. The minimum absolute atomic E-state index is 0.0143. The molecule has 0 aromatic heterocycles. The molecule has 0 bridgehead atoms. The molecular weight excluding hydrogens is 444 g/mol. The van der Waals surface area contributed by atoms with Gasteiger partial charge in [-0.15, -0.1) is 0 Å². The van der Waals surface area contributed by atoms with Gasteiger partial charge in [0.15, 0.2) is 0 Å². The van der Waals surface area contributed by atoms with Crippen molar-refractivity contribution in [3.63, 3.8) is 0 Å². The monoisotopic (exact) mass is 478 g/mol. The van der Waals surface area contributed by atoms with Gasteiger partial charge in [-0.3, -0.25) is 9.59 Å². The summed E-state index contributed by atoms with van der Waals surface area (Å²) in [6, 6.07) is 16.4. The molecule has 2 aliphatic rings. The van der Waals surface area contributed by atoms with Crippen molar-refractivity contribution in [3.05, 3.63) is 59.7 Å². The predicted octanol–water partition coefficient (Wildman–Crippen LogP) is 4.70. The van der Waals surface area contributed by atoms with Crippen LogP contribution in [0.15, 0.2) is 48.5 Å². The van der Waals surface area contributed by atoms with E-state index in [9.17, 15) is 19.5 Å². The Morgan fingerprint density at radius 1 is 0.886 bits per heavy atom. The second-order valence-corrected chi connectivity index (χ2v) is 9.50. The normalized spacial score (nSPS) is 18.9. The van der Waals surface area contributed by atoms with E-state index in [4.69, 9.17) is 4.74 Å². The average Bonchev–Trinajstić information content (AvgIpc) is 3.20. The maximum Gasteiger partial charge on any atom is 0.407 e. The highest BCUT2D eigenvalue weighted by molar-refractivity contribution is 5.79. The minimum Gasteiger partial charge on any atom is -0.481 e. The van der Waals surface area contributed by atoms with Gasteiger partial charge in [-0.2, -0.15) is 0 Å². The van der Waals surface area contributed by atoms with Crippen LogP contribution in [0.1, 0.15) is 62.0 Å². The molecule has 2 amide bonds. The molecule has 0 heterocycles. The third-order valence-electron chi connectivity index (χ3n) is 7.23. The molecule has 0 spiro atoms. The van der Waals surface area contributed by atoms with Gasteiger partial charge >= 0.3 is 12.1 Å². The molecule has 2 aromatic carbocycles. The molecule has 2 aliphatic carbocycles. The van der Waals surface area contributed by atoms with Crippen molar-refractivity contribution in [3.8, 4) is 11.1 Å². The van der Waals surface area contributed by atoms with Crippen LogP contribution in [0.25, 0.3) is 11.1 Å². The number of hydrogen-bond donors (Lipinski definition) is 3. The third-order valence-corrected chi connectivity index (χ3v) is 7.23. The van der Waals surface area contributed by atoms with Crippen molar-refractivity contribution in [2.75, 3.05) is 19.7 Å². The van der Waals surface area contributed by atoms with Crippen molar-refractivity contribution in [2.45, 2.75) is 50.9 Å². The molecule has 2 aromatic rings. The highest BCUT2D eigenvalue weighted by Crippen LogP contribution is 2.44. The predicted molar refractivity (Wildman–Crippen MR) is 133 cm³/mol. The lowest BCUT2D eigenvalue weighted by Crippen LogP contribution is -2.37. The molecule has 3 N–H and O–H groups in total. The smallest absolute Gasteiger partial charge is 0.407 e. The number of unbranched alkanes of at least 4 members (excludes halogenated alkanes) is 1. The fourth-order valence-electron chi connectivity index (χ4n) is 5.36. The van der Waals surface area contributed by atoms with Crippen LogP contribution in [0.3, 0.4) is 0 Å². The summed E-state index contributed by atoms with van der Waals surface area (Å²) in [6.45, 7) is 1.14. The first kappa shape index (κ1) is 24.8. The fourth-order valence-corrected chi connectivity index (χ4v) is 5.36. The maximum absolute atomic E-state index is 12.2. The van der Waals surface area contributed by atoms with Crippen LogP contribution >= 0.6 is 0 Å². The number of aliphatic carboxylic acids is 1. The van der Waals surface area contributed by atoms with Gasteiger partial charge in [0.05, 0.1) is 5.92 Å². The molecule has 0 saturated heterocycles. The number of nitrogens with one attached hydrogen (secondary N) is 2. The largest absolute Gasteiger partial charge is 0.481 e. The molecule has 1 saturated carbocycles. The molecule has 1 fully saturated rings. The van der Waals surface area contributed by atoms with Crippen molar-refractivity contribution >= 4 is 18.0 Å². The van der Waals surface area contributed by atoms with Gasteiger partial charge < -0.3 is 20.5 Å². The molecule has 186 valence electrons. The summed E-state index contributed by atoms with van der Waals surface area (Å²) >= 11 is 0. The zero-order valence-electron chi connectivity index (χ0n) is 20.0. The van der Waals surface area contributed by atoms with Crippen LogP contribution in [0, 0.1) is 11.8 Å². The Kier molecular flexibility index (Phi) is 8.40. The van der Waals surface area contributed by atoms with Gasteiger partial charge in [-0.05, 0) is 53.9 Å². The molecule has 7 nitrogen and oxygen atoms in total. The number of rotatable bonds is 10. The molecule has 4 rings (SSSR count). The SMILES string of the molecule is O=C(CCCCNC(=O)OCC1c2ccccc2-c2ccccc21)NC[C@H]1CCCC[C@H]1C(=O)O. The topological polar surface area (TPSA) is 105 Å². The zero-order valence-corrected chi connectivity index (χ0v) is 20.0. The summed E-state index contributed by atoms with van der Waals surface area (Å²) in [5.41, 5.74) is 4.74. The van der Waals surface area contributed by atoms with Gasteiger partial charge in [0.1, 0.15) is 6.61 Å². The number of hydrogen-bond acceptors (Lipinski definition) is 4. The Balaban J connectivity index is 1.12. The van der Waals surface area contributed by atoms with Gasteiger partial charge in [0.2, 0.25) is 5.91 Å². The number of benzene rings is 2. The van der Waals surface area contributed by atoms with E-state index in [0.717, 1.165) is 19.3 Å². The highest BCUT2D eigenvalue weighted by Gasteiger charge is 2.31. The molecular formula is C28H34N2O5. The molecule has 0 aliphatic heterocycles. The van der Waals surface area contributed by atoms with Crippen LogP contribution in [0.2, 0.25) is 0 Å². The Bertz CT molecular complexity index is 1010. The van der Waals surface area contributed by atoms with Crippen LogP contribution < -0.4 is 10.6 Å². The van der Waals surface area contributed by atoms with Crippen LogP contribution in [0.5, 0.6) is 0 Å². The quantitative estimate of drug-likeness (QED) is 0.429. The maximum atomic E-state index is 12.2. The lowest BCUT2D eigenvalue weighted by atomic mass is 9.79. The number of amides is 2. The first-order valence-electron chi connectivity index (χ1n) is 12.6. The van der Waals surface area contributed by atoms with E-state index in [0.29, 0.717) is 38.8 Å². The third kappa shape index (κ3) is 6.21. The number of carboxylic acid groups (broad SMARTS) is 1. The van der Waals surface area contributed by atoms with Crippen molar-refractivity contribution in [1.29, 1.82) is 0 Å². The van der Waals surface area contributed by atoms with Gasteiger partial charge in [0, 0.05) is 25.4 Å². The molecule has 0 unspecified atom stereocenters. The zero-order chi connectivity index (χ0) is 24.6. The Hall–Kier alpha value is -3.35. The van der Waals surface area contributed by atoms with E-state index in [-0.39, 0.29) is 30.3 Å². The summed E-state index contributed by atoms with van der Waals surface area (Å²) in [6.07, 6.45) is 4.72. The van der Waals surface area contributed by atoms with E-state index >= 15 is 0 Å². The van der Waals surface area contributed by atoms with E-state index in [1.165, 1.54) is 22.3 Å². The van der Waals surface area contributed by atoms with E-state index in [1.807, 2.05) is 24.3 Å². The Morgan fingerprint density at radius 2 is 1.54 bits per heavy atom. The van der Waals surface area contributed by atoms with E-state index < -0.39 is 12.1 Å². The first-order valence-corrected chi connectivity index (χ1v) is 12.6. The second-order valence-electron chi connectivity index (χ2n) is 9.50. The van der Waals surface area contributed by atoms with Crippen LogP contribution in [-0.4, -0.2) is 42.8 Å². The van der Waals surface area contributed by atoms with Crippen molar-refractivity contribution in [1.82, 2.24) is 10.6 Å². The van der Waals surface area contributed by atoms with Crippen LogP contribution in [-0.2, 0) is 14.3 Å². The Morgan fingerprint density at radius 3 is 2.23 bits per heavy atom. The van der Waals surface area contributed by atoms with Gasteiger partial charge in [-0.1, -0.05) is 61.4 Å². The number of carbonyl (C=O) groups excluding carboxylic acids is 2. The van der Waals surface area contributed by atoms with Crippen molar-refractivity contribution in [2.24, 2.45) is 11.8 Å². The standard InChI is InChI=1S/C28H34N2O5/c31-26(30-17-19-9-1-2-10-20(19)27(32)33)15-7-8-16-29-28(34)35-18-25-23-13-5-3-11-21(23)22-12-4-6-14-24(22)25/h3-6,11-14,19-20,25H,1-2,7-10,15-18H2,(H,29,34)(H,30,31)(H,32,33)/t19-,20-/m1/s1. The molecule has 2 atom stereocenters. The van der Waals surface area contributed by atoms with Gasteiger partial charge in [0.25, 0.3) is 0 Å². The summed E-state index contributed by atoms with van der Waals surface area (Å²) in [5, 5.41) is 15.0. The summed E-state index contributed by atoms with van der Waals surface area (Å²) < 4.78 is 5.53. The van der Waals surface area contributed by atoms with Gasteiger partial charge in [-0.25, -0.2) is 4.79 Å². The molecule has 7 heteroatoms. The lowest BCUT2D eigenvalue weighted by Gasteiger charge is -2.28. The average molecular weight is 479 g/mol. The number of carboxylic acids is 1. The summed E-state index contributed by atoms with van der Waals surface area (Å²) in [4.78, 5) is 35.7. The lowest BCUT2D eigenvalue weighted by molar-refractivity contribution is -0.145. The Labute approximate surface area is 206 Å². The molecule has 35 heavy (non-hydrogen) atoms. The minimum atomic E-state index is -0.761. The van der Waals surface area contributed by atoms with E-state index in [1.54, 1.807) is 0 Å². The number of fused-ring (bicyclic) bond motifs is 3. The fraction of sp³-hybridized carbons (Fsp3) is 0.464.